The van der Waals surface area contributed by atoms with Gasteiger partial charge in [0.1, 0.15) is 35.7 Å². The van der Waals surface area contributed by atoms with Gasteiger partial charge >= 0.3 is 0 Å². The van der Waals surface area contributed by atoms with Crippen LogP contribution in [0.25, 0.3) is 0 Å². The van der Waals surface area contributed by atoms with Crippen molar-refractivity contribution in [2.45, 2.75) is 44.5 Å². The molecule has 1 saturated heterocycles. The van der Waals surface area contributed by atoms with E-state index in [4.69, 9.17) is 5.73 Å². The smallest absolute Gasteiger partial charge is 0.249 e. The summed E-state index contributed by atoms with van der Waals surface area (Å²) in [5.41, 5.74) is 5.87. The first kappa shape index (κ1) is 35.3. The third-order valence-electron chi connectivity index (χ3n) is 7.27. The summed E-state index contributed by atoms with van der Waals surface area (Å²) in [5, 5.41) is 45.7. The summed E-state index contributed by atoms with van der Waals surface area (Å²) in [6.07, 6.45) is -1.51. The lowest BCUT2D eigenvalue weighted by Crippen LogP contribution is -2.65. The average molecular weight is 646 g/mol. The lowest BCUT2D eigenvalue weighted by Gasteiger charge is -2.43. The molecular formula is C30H39N5O9S. The molecule has 1 aliphatic rings. The number of hydrogen-bond acceptors (Lipinski definition) is 11. The number of rotatable bonds is 15. The number of nitrogens with zero attached hydrogens (tertiary/aromatic N) is 1. The molecule has 3 rings (SSSR count). The zero-order chi connectivity index (χ0) is 33.3. The van der Waals surface area contributed by atoms with Crippen molar-refractivity contribution >= 4 is 40.5 Å². The number of β-lactam (4-membered cyclic amide) rings is 1. The van der Waals surface area contributed by atoms with Crippen LogP contribution in [0.15, 0.2) is 48.5 Å². The Bertz CT molecular complexity index is 1370. The highest BCUT2D eigenvalue weighted by molar-refractivity contribution is 8.13. The van der Waals surface area contributed by atoms with Crippen molar-refractivity contribution in [1.82, 2.24) is 20.9 Å². The second-order valence-corrected chi connectivity index (χ2v) is 12.3. The maximum absolute atomic E-state index is 13.3. The Labute approximate surface area is 264 Å². The van der Waals surface area contributed by atoms with Gasteiger partial charge in [-0.25, -0.2) is 0 Å². The highest BCUT2D eigenvalue weighted by Crippen LogP contribution is 2.32. The zero-order valence-electron chi connectivity index (χ0n) is 24.9. The third-order valence-corrected chi connectivity index (χ3v) is 8.19. The van der Waals surface area contributed by atoms with Gasteiger partial charge in [-0.2, -0.15) is 0 Å². The molecule has 4 atom stereocenters. The number of phenols is 2. The van der Waals surface area contributed by atoms with E-state index in [0.717, 1.165) is 11.8 Å². The lowest BCUT2D eigenvalue weighted by atomic mass is 9.87. The fraction of sp³-hybridized carbons (Fsp3) is 0.433. The Kier molecular flexibility index (Phi) is 12.3. The molecule has 0 unspecified atom stereocenters. The monoisotopic (exact) mass is 645 g/mol. The molecular weight excluding hydrogens is 606 g/mol. The molecule has 244 valence electrons. The second kappa shape index (κ2) is 15.7. The molecule has 2 aromatic rings. The fourth-order valence-corrected chi connectivity index (χ4v) is 5.16. The number of aliphatic hydroxyl groups excluding tert-OH is 2. The van der Waals surface area contributed by atoms with E-state index in [1.807, 2.05) is 0 Å². The van der Waals surface area contributed by atoms with E-state index in [2.05, 4.69) is 16.0 Å². The van der Waals surface area contributed by atoms with Gasteiger partial charge in [-0.1, -0.05) is 49.9 Å². The molecule has 0 spiro atoms. The van der Waals surface area contributed by atoms with Crippen molar-refractivity contribution in [2.75, 3.05) is 32.0 Å². The van der Waals surface area contributed by atoms with Gasteiger partial charge in [0.15, 0.2) is 0 Å². The average Bonchev–Trinajstić information content (AvgIpc) is 3.02. The first-order chi connectivity index (χ1) is 21.2. The molecule has 14 nitrogen and oxygen atoms in total. The number of thioether (sulfide) groups is 1. The highest BCUT2D eigenvalue weighted by Gasteiger charge is 2.45. The van der Waals surface area contributed by atoms with Gasteiger partial charge in [-0.3, -0.25) is 24.0 Å². The molecule has 4 amide bonds. The first-order valence-electron chi connectivity index (χ1n) is 14.2. The molecule has 0 saturated carbocycles. The summed E-state index contributed by atoms with van der Waals surface area (Å²) in [6, 6.07) is 8.63. The standard InChI is InChI=1S/C30H39N5O9S/c1-30(2,16-36)25(40)27(42)33-12-11-22(39)32-13-14-45-29(44)24(18-5-9-20(38)10-6-18)35-15-21(28(35)43)34-26(41)23(31)17-3-7-19(37)8-4-17/h3-10,21,23-25,36-38,40H,11-16,31H2,1-2H3,(H,32,39)(H,33,42)(H,34,41)/t21-,23+,24-,25-/m0/s1. The summed E-state index contributed by atoms with van der Waals surface area (Å²) in [5.74, 6) is -2.01. The van der Waals surface area contributed by atoms with E-state index >= 15 is 0 Å². The van der Waals surface area contributed by atoms with Gasteiger partial charge in [0, 0.05) is 30.7 Å². The van der Waals surface area contributed by atoms with Crippen molar-refractivity contribution in [3.05, 3.63) is 59.7 Å². The Hall–Kier alpha value is -4.18. The van der Waals surface area contributed by atoms with Crippen molar-refractivity contribution in [3.8, 4) is 11.5 Å². The van der Waals surface area contributed by atoms with E-state index in [0.29, 0.717) is 11.1 Å². The third kappa shape index (κ3) is 9.41. The highest BCUT2D eigenvalue weighted by atomic mass is 32.2. The molecule has 0 radical (unpaired) electrons. The number of benzene rings is 2. The summed E-state index contributed by atoms with van der Waals surface area (Å²) < 4.78 is 0. The minimum Gasteiger partial charge on any atom is -0.508 e. The van der Waals surface area contributed by atoms with E-state index in [9.17, 15) is 44.4 Å². The van der Waals surface area contributed by atoms with E-state index in [1.165, 1.54) is 67.3 Å². The molecule has 15 heteroatoms. The maximum atomic E-state index is 13.3. The van der Waals surface area contributed by atoms with Crippen molar-refractivity contribution in [1.29, 1.82) is 0 Å². The van der Waals surface area contributed by atoms with Crippen molar-refractivity contribution < 1.29 is 44.4 Å². The number of aliphatic hydroxyl groups is 2. The number of nitrogens with two attached hydrogens (primary N) is 1. The number of hydrogen-bond donors (Lipinski definition) is 8. The summed E-state index contributed by atoms with van der Waals surface area (Å²) in [4.78, 5) is 64.5. The fourth-order valence-electron chi connectivity index (χ4n) is 4.33. The van der Waals surface area contributed by atoms with Crippen LogP contribution in [0.3, 0.4) is 0 Å². The Morgan fingerprint density at radius 1 is 0.956 bits per heavy atom. The minimum atomic E-state index is -1.44. The van der Waals surface area contributed by atoms with E-state index < -0.39 is 59.9 Å². The number of nitrogens with one attached hydrogen (secondary N) is 3. The minimum absolute atomic E-state index is 0.0170. The van der Waals surface area contributed by atoms with E-state index in [-0.39, 0.29) is 48.4 Å². The predicted octanol–water partition coefficient (Wildman–Crippen LogP) is -0.572. The normalized spacial score (nSPS) is 16.6. The molecule has 1 heterocycles. The van der Waals surface area contributed by atoms with Crippen molar-refractivity contribution in [2.24, 2.45) is 11.1 Å². The van der Waals surface area contributed by atoms with Crippen LogP contribution in [-0.2, 0) is 24.0 Å². The van der Waals surface area contributed by atoms with Crippen LogP contribution in [0.1, 0.15) is 43.5 Å². The number of likely N-dealkylation sites (tertiary alicyclic amines) is 1. The number of amides is 4. The van der Waals surface area contributed by atoms with E-state index in [1.54, 1.807) is 0 Å². The Balaban J connectivity index is 1.50. The SMILES string of the molecule is CC(C)(CO)[C@@H](O)C(=O)NCCC(=O)NCCSC(=O)[C@H](c1ccc(O)cc1)N1C[C@H](NC(=O)[C@H](N)c2ccc(O)cc2)C1=O. The Morgan fingerprint density at radius 3 is 2.09 bits per heavy atom. The molecule has 45 heavy (non-hydrogen) atoms. The topological polar surface area (TPSA) is 232 Å². The van der Waals surface area contributed by atoms with Crippen LogP contribution in [-0.4, -0.2) is 98.2 Å². The summed E-state index contributed by atoms with van der Waals surface area (Å²) >= 11 is 0.897. The maximum Gasteiger partial charge on any atom is 0.249 e. The second-order valence-electron chi connectivity index (χ2n) is 11.2. The van der Waals surface area contributed by atoms with Crippen LogP contribution in [0, 0.1) is 5.41 Å². The first-order valence-corrected chi connectivity index (χ1v) is 15.2. The van der Waals surface area contributed by atoms with Crippen LogP contribution >= 0.6 is 11.8 Å². The molecule has 9 N–H and O–H groups in total. The molecule has 0 aliphatic carbocycles. The molecule has 2 aromatic carbocycles. The van der Waals surface area contributed by atoms with Crippen LogP contribution in [0.2, 0.25) is 0 Å². The number of carbonyl (C=O) groups excluding carboxylic acids is 5. The summed E-state index contributed by atoms with van der Waals surface area (Å²) in [7, 11) is 0. The van der Waals surface area contributed by atoms with Gasteiger partial charge in [0.25, 0.3) is 0 Å². The number of aromatic hydroxyl groups is 2. The van der Waals surface area contributed by atoms with Crippen LogP contribution < -0.4 is 21.7 Å². The molecule has 1 aliphatic heterocycles. The summed E-state index contributed by atoms with van der Waals surface area (Å²) in [6.45, 7) is 2.78. The quantitative estimate of drug-likeness (QED) is 0.0902. The number of carbonyl (C=O) groups is 5. The molecule has 1 fully saturated rings. The van der Waals surface area contributed by atoms with Gasteiger partial charge in [-0.05, 0) is 35.4 Å². The van der Waals surface area contributed by atoms with Crippen molar-refractivity contribution in [3.63, 3.8) is 0 Å². The van der Waals surface area contributed by atoms with Gasteiger partial charge in [0.05, 0.1) is 13.2 Å². The lowest BCUT2D eigenvalue weighted by molar-refractivity contribution is -0.152. The van der Waals surface area contributed by atoms with Gasteiger partial charge in [-0.15, -0.1) is 0 Å². The van der Waals surface area contributed by atoms with Gasteiger partial charge in [0.2, 0.25) is 28.7 Å². The Morgan fingerprint density at radius 2 is 1.53 bits per heavy atom. The van der Waals surface area contributed by atoms with Crippen LogP contribution in [0.4, 0.5) is 0 Å². The zero-order valence-corrected chi connectivity index (χ0v) is 25.8. The largest absolute Gasteiger partial charge is 0.508 e. The molecule has 0 aromatic heterocycles. The van der Waals surface area contributed by atoms with Crippen LogP contribution in [0.5, 0.6) is 11.5 Å². The molecule has 0 bridgehead atoms. The predicted molar refractivity (Wildman–Crippen MR) is 165 cm³/mol. The number of phenolic OH excluding ortho intramolecular Hbond substituents is 2. The van der Waals surface area contributed by atoms with Gasteiger partial charge < -0.3 is 47.0 Å².